The second-order valence-corrected chi connectivity index (χ2v) is 3.17. The molecule has 0 saturated heterocycles. The first-order valence-corrected chi connectivity index (χ1v) is 4.10. The van der Waals surface area contributed by atoms with Gasteiger partial charge in [-0.15, -0.1) is 6.42 Å². The van der Waals surface area contributed by atoms with Crippen LogP contribution < -0.4 is 5.73 Å². The molecular weight excluding hydrogens is 162 g/mol. The lowest BCUT2D eigenvalue weighted by atomic mass is 9.92. The molecule has 68 valence electrons. The molecule has 0 aliphatic rings. The third-order valence-electron chi connectivity index (χ3n) is 2.06. The second-order valence-electron chi connectivity index (χ2n) is 3.17. The van der Waals surface area contributed by atoms with Crippen molar-refractivity contribution in [3.05, 3.63) is 35.4 Å². The minimum atomic E-state index is -1.04. The predicted octanol–water partition coefficient (Wildman–Crippen LogP) is 0.834. The van der Waals surface area contributed by atoms with E-state index < -0.39 is 5.60 Å². The van der Waals surface area contributed by atoms with Crippen molar-refractivity contribution in [2.45, 2.75) is 12.5 Å². The Labute approximate surface area is 78.4 Å². The van der Waals surface area contributed by atoms with Gasteiger partial charge in [-0.3, -0.25) is 0 Å². The van der Waals surface area contributed by atoms with Crippen LogP contribution in [0.25, 0.3) is 0 Å². The number of rotatable bonds is 2. The minimum Gasteiger partial charge on any atom is -0.384 e. The average molecular weight is 175 g/mol. The van der Waals surface area contributed by atoms with E-state index in [4.69, 9.17) is 12.2 Å². The highest BCUT2D eigenvalue weighted by Crippen LogP contribution is 2.22. The van der Waals surface area contributed by atoms with Crippen LogP contribution in [0.5, 0.6) is 0 Å². The molecule has 1 unspecified atom stereocenters. The molecule has 1 aromatic carbocycles. The number of hydrogen-bond donors (Lipinski definition) is 2. The van der Waals surface area contributed by atoms with Gasteiger partial charge >= 0.3 is 0 Å². The monoisotopic (exact) mass is 175 g/mol. The van der Waals surface area contributed by atoms with Gasteiger partial charge in [0.05, 0.1) is 0 Å². The van der Waals surface area contributed by atoms with E-state index in [1.165, 1.54) is 0 Å². The maximum atomic E-state index is 9.89. The molecule has 2 heteroatoms. The van der Waals surface area contributed by atoms with Gasteiger partial charge in [-0.05, 0) is 13.0 Å². The van der Waals surface area contributed by atoms with Crippen LogP contribution in [0.2, 0.25) is 0 Å². The van der Waals surface area contributed by atoms with Gasteiger partial charge in [-0.1, -0.05) is 24.1 Å². The number of hydrogen-bond acceptors (Lipinski definition) is 2. The highest BCUT2D eigenvalue weighted by molar-refractivity contribution is 5.42. The Kier molecular flexibility index (Phi) is 2.72. The summed E-state index contributed by atoms with van der Waals surface area (Å²) >= 11 is 0. The Balaban J connectivity index is 3.22. The van der Waals surface area contributed by atoms with E-state index in [2.05, 4.69) is 5.92 Å². The minimum absolute atomic E-state index is 0.158. The van der Waals surface area contributed by atoms with Crippen molar-refractivity contribution in [1.82, 2.24) is 0 Å². The zero-order valence-corrected chi connectivity index (χ0v) is 7.62. The number of terminal acetylenes is 1. The molecule has 0 amide bonds. The largest absolute Gasteiger partial charge is 0.384 e. The molecule has 2 nitrogen and oxygen atoms in total. The lowest BCUT2D eigenvalue weighted by Crippen LogP contribution is -2.32. The Bertz CT molecular complexity index is 336. The van der Waals surface area contributed by atoms with Gasteiger partial charge in [-0.25, -0.2) is 0 Å². The molecule has 0 saturated carbocycles. The Hall–Kier alpha value is -1.30. The summed E-state index contributed by atoms with van der Waals surface area (Å²) in [4.78, 5) is 0. The van der Waals surface area contributed by atoms with Crippen LogP contribution in [0.15, 0.2) is 24.3 Å². The lowest BCUT2D eigenvalue weighted by Gasteiger charge is -2.22. The molecule has 0 aliphatic carbocycles. The quantitative estimate of drug-likeness (QED) is 0.654. The van der Waals surface area contributed by atoms with E-state index in [0.717, 1.165) is 0 Å². The average Bonchev–Trinajstić information content (AvgIpc) is 2.18. The van der Waals surface area contributed by atoms with Crippen molar-refractivity contribution in [2.24, 2.45) is 5.73 Å². The molecule has 1 rings (SSSR count). The third-order valence-corrected chi connectivity index (χ3v) is 2.06. The van der Waals surface area contributed by atoms with Gasteiger partial charge in [0.1, 0.15) is 5.60 Å². The molecule has 0 fully saturated rings. The van der Waals surface area contributed by atoms with E-state index in [1.807, 2.05) is 12.1 Å². The summed E-state index contributed by atoms with van der Waals surface area (Å²) in [5.41, 5.74) is 5.81. The normalized spacial score (nSPS) is 14.6. The predicted molar refractivity (Wildman–Crippen MR) is 53.0 cm³/mol. The van der Waals surface area contributed by atoms with E-state index in [0.29, 0.717) is 11.1 Å². The van der Waals surface area contributed by atoms with Gasteiger partial charge < -0.3 is 10.8 Å². The zero-order valence-electron chi connectivity index (χ0n) is 7.62. The molecule has 1 aromatic rings. The van der Waals surface area contributed by atoms with E-state index in [-0.39, 0.29) is 6.54 Å². The maximum absolute atomic E-state index is 9.89. The van der Waals surface area contributed by atoms with Crippen LogP contribution in [-0.4, -0.2) is 11.7 Å². The van der Waals surface area contributed by atoms with Crippen LogP contribution in [0, 0.1) is 12.3 Å². The fourth-order valence-electron chi connectivity index (χ4n) is 1.19. The van der Waals surface area contributed by atoms with Crippen molar-refractivity contribution in [3.8, 4) is 12.3 Å². The fraction of sp³-hybridized carbons (Fsp3) is 0.273. The first-order chi connectivity index (χ1) is 6.11. The standard InChI is InChI=1S/C11H13NO/c1-3-9-6-4-5-7-10(9)11(2,13)8-12/h1,4-7,13H,8,12H2,2H3. The van der Waals surface area contributed by atoms with Crippen molar-refractivity contribution < 1.29 is 5.11 Å². The highest BCUT2D eigenvalue weighted by atomic mass is 16.3. The number of nitrogens with two attached hydrogens (primary N) is 1. The molecule has 0 spiro atoms. The number of benzene rings is 1. The van der Waals surface area contributed by atoms with E-state index >= 15 is 0 Å². The second kappa shape index (κ2) is 3.61. The molecule has 0 bridgehead atoms. The molecule has 13 heavy (non-hydrogen) atoms. The topological polar surface area (TPSA) is 46.2 Å². The lowest BCUT2D eigenvalue weighted by molar-refractivity contribution is 0.0666. The molecule has 0 heterocycles. The molecule has 3 N–H and O–H groups in total. The summed E-state index contributed by atoms with van der Waals surface area (Å²) in [7, 11) is 0. The van der Waals surface area contributed by atoms with Crippen LogP contribution in [0.3, 0.4) is 0 Å². The summed E-state index contributed by atoms with van der Waals surface area (Å²) in [5, 5.41) is 9.89. The Morgan fingerprint density at radius 3 is 2.69 bits per heavy atom. The summed E-state index contributed by atoms with van der Waals surface area (Å²) in [6.45, 7) is 1.81. The van der Waals surface area contributed by atoms with Crippen LogP contribution >= 0.6 is 0 Å². The van der Waals surface area contributed by atoms with Crippen LogP contribution in [-0.2, 0) is 5.60 Å². The summed E-state index contributed by atoms with van der Waals surface area (Å²) in [5.74, 6) is 2.52. The zero-order chi connectivity index (χ0) is 9.90. The summed E-state index contributed by atoms with van der Waals surface area (Å²) in [6, 6.07) is 7.26. The van der Waals surface area contributed by atoms with Gasteiger partial charge in [0.15, 0.2) is 0 Å². The first-order valence-electron chi connectivity index (χ1n) is 4.10. The van der Waals surface area contributed by atoms with Gasteiger partial charge in [0.25, 0.3) is 0 Å². The van der Waals surface area contributed by atoms with Crippen molar-refractivity contribution in [2.75, 3.05) is 6.54 Å². The first kappa shape index (κ1) is 9.79. The highest BCUT2D eigenvalue weighted by Gasteiger charge is 2.22. The molecule has 0 aliphatic heterocycles. The third kappa shape index (κ3) is 1.89. The fourth-order valence-corrected chi connectivity index (χ4v) is 1.19. The van der Waals surface area contributed by atoms with Gasteiger partial charge in [0, 0.05) is 17.7 Å². The number of aliphatic hydroxyl groups is 1. The van der Waals surface area contributed by atoms with Crippen molar-refractivity contribution in [3.63, 3.8) is 0 Å². The molecule has 0 aromatic heterocycles. The van der Waals surface area contributed by atoms with E-state index in [9.17, 15) is 5.11 Å². The van der Waals surface area contributed by atoms with Gasteiger partial charge in [0.2, 0.25) is 0 Å². The van der Waals surface area contributed by atoms with Gasteiger partial charge in [-0.2, -0.15) is 0 Å². The maximum Gasteiger partial charge on any atom is 0.100 e. The molecular formula is C11H13NO. The SMILES string of the molecule is C#Cc1ccccc1C(C)(O)CN. The van der Waals surface area contributed by atoms with Crippen LogP contribution in [0.1, 0.15) is 18.1 Å². The smallest absolute Gasteiger partial charge is 0.100 e. The molecule has 0 radical (unpaired) electrons. The van der Waals surface area contributed by atoms with Crippen LogP contribution in [0.4, 0.5) is 0 Å². The summed E-state index contributed by atoms with van der Waals surface area (Å²) < 4.78 is 0. The van der Waals surface area contributed by atoms with Crippen molar-refractivity contribution in [1.29, 1.82) is 0 Å². The Morgan fingerprint density at radius 2 is 2.15 bits per heavy atom. The van der Waals surface area contributed by atoms with E-state index in [1.54, 1.807) is 19.1 Å². The molecule has 1 atom stereocenters. The van der Waals surface area contributed by atoms with Crippen molar-refractivity contribution >= 4 is 0 Å². The Morgan fingerprint density at radius 1 is 1.54 bits per heavy atom. The summed E-state index contributed by atoms with van der Waals surface area (Å²) in [6.07, 6.45) is 5.30.